The van der Waals surface area contributed by atoms with Crippen molar-refractivity contribution < 1.29 is 26.7 Å². The van der Waals surface area contributed by atoms with Crippen molar-refractivity contribution >= 4 is 21.4 Å². The molecule has 0 radical (unpaired) electrons. The lowest BCUT2D eigenvalue weighted by Crippen LogP contribution is -2.25. The minimum Gasteiger partial charge on any atom is -0.435 e. The van der Waals surface area contributed by atoms with E-state index in [2.05, 4.69) is 15.0 Å². The fraction of sp³-hybridized carbons (Fsp3) is 0.200. The van der Waals surface area contributed by atoms with Gasteiger partial charge in [-0.15, -0.1) is 0 Å². The average molecular weight is 435 g/mol. The first kappa shape index (κ1) is 21.4. The second-order valence-corrected chi connectivity index (χ2v) is 8.46. The molecule has 0 unspecified atom stereocenters. The standard InChI is InChI=1S/C20H19F2N3O4S/c1-13-3-8-17(14(2)11-13)25-10-9-23-20(25)30(27,28)12-18(26)24-15-4-6-16(7-5-15)29-19(21)22/h3-11,19H,12H2,1-2H3,(H,24,26). The molecule has 1 heterocycles. The van der Waals surface area contributed by atoms with Crippen LogP contribution in [0.5, 0.6) is 5.75 Å². The van der Waals surface area contributed by atoms with Crippen LogP contribution in [-0.4, -0.2) is 36.2 Å². The van der Waals surface area contributed by atoms with Crippen molar-refractivity contribution in [2.24, 2.45) is 0 Å². The van der Waals surface area contributed by atoms with E-state index in [0.717, 1.165) is 11.1 Å². The molecule has 3 rings (SSSR count). The lowest BCUT2D eigenvalue weighted by Gasteiger charge is -2.12. The highest BCUT2D eigenvalue weighted by Crippen LogP contribution is 2.21. The summed E-state index contributed by atoms with van der Waals surface area (Å²) < 4.78 is 55.6. The molecule has 30 heavy (non-hydrogen) atoms. The first-order chi connectivity index (χ1) is 14.2. The Labute approximate surface area is 172 Å². The van der Waals surface area contributed by atoms with Crippen molar-refractivity contribution in [3.05, 3.63) is 66.0 Å². The fourth-order valence-electron chi connectivity index (χ4n) is 2.93. The molecule has 0 aliphatic rings. The number of hydrogen-bond acceptors (Lipinski definition) is 5. The van der Waals surface area contributed by atoms with Crippen LogP contribution < -0.4 is 10.1 Å². The molecule has 0 fully saturated rings. The number of rotatable bonds is 7. The monoisotopic (exact) mass is 435 g/mol. The predicted octanol–water partition coefficient (Wildman–Crippen LogP) is 3.50. The highest BCUT2D eigenvalue weighted by atomic mass is 32.2. The molecule has 0 atom stereocenters. The third-order valence-electron chi connectivity index (χ3n) is 4.18. The van der Waals surface area contributed by atoms with Gasteiger partial charge in [-0.3, -0.25) is 9.36 Å². The summed E-state index contributed by atoms with van der Waals surface area (Å²) in [7, 11) is -4.05. The summed E-state index contributed by atoms with van der Waals surface area (Å²) in [6, 6.07) is 10.7. The van der Waals surface area contributed by atoms with Crippen LogP contribution in [-0.2, 0) is 14.6 Å². The molecule has 0 saturated heterocycles. The maximum absolute atomic E-state index is 12.8. The van der Waals surface area contributed by atoms with Crippen LogP contribution >= 0.6 is 0 Å². The average Bonchev–Trinajstić information content (AvgIpc) is 3.13. The van der Waals surface area contributed by atoms with E-state index in [1.54, 1.807) is 6.07 Å². The molecular weight excluding hydrogens is 416 g/mol. The third-order valence-corrected chi connectivity index (χ3v) is 5.68. The van der Waals surface area contributed by atoms with Crippen LogP contribution in [0, 0.1) is 13.8 Å². The number of nitrogens with one attached hydrogen (secondary N) is 1. The van der Waals surface area contributed by atoms with Crippen LogP contribution in [0.4, 0.5) is 14.5 Å². The van der Waals surface area contributed by atoms with Crippen molar-refractivity contribution in [2.75, 3.05) is 11.1 Å². The molecule has 158 valence electrons. The van der Waals surface area contributed by atoms with Crippen LogP contribution in [0.15, 0.2) is 60.0 Å². The van der Waals surface area contributed by atoms with Gasteiger partial charge in [0.25, 0.3) is 0 Å². The number of carbonyl (C=O) groups excluding carboxylic acids is 1. The molecule has 10 heteroatoms. The van der Waals surface area contributed by atoms with Gasteiger partial charge in [-0.25, -0.2) is 13.4 Å². The number of alkyl halides is 2. The predicted molar refractivity (Wildman–Crippen MR) is 107 cm³/mol. The van der Waals surface area contributed by atoms with E-state index in [-0.39, 0.29) is 16.6 Å². The summed E-state index contributed by atoms with van der Waals surface area (Å²) >= 11 is 0. The van der Waals surface area contributed by atoms with Gasteiger partial charge >= 0.3 is 6.61 Å². The third kappa shape index (κ3) is 5.01. The number of ether oxygens (including phenoxy) is 1. The van der Waals surface area contributed by atoms with Crippen molar-refractivity contribution in [3.63, 3.8) is 0 Å². The van der Waals surface area contributed by atoms with E-state index in [0.29, 0.717) is 5.69 Å². The van der Waals surface area contributed by atoms with E-state index < -0.39 is 28.1 Å². The van der Waals surface area contributed by atoms with Gasteiger partial charge in [-0.2, -0.15) is 8.78 Å². The summed E-state index contributed by atoms with van der Waals surface area (Å²) in [5.41, 5.74) is 2.78. The number of amides is 1. The zero-order valence-corrected chi connectivity index (χ0v) is 17.0. The van der Waals surface area contributed by atoms with E-state index in [1.165, 1.54) is 41.2 Å². The number of hydrogen-bond donors (Lipinski definition) is 1. The summed E-state index contributed by atoms with van der Waals surface area (Å²) in [6.45, 7) is 0.822. The molecular formula is C20H19F2N3O4S. The van der Waals surface area contributed by atoms with Crippen molar-refractivity contribution in [2.45, 2.75) is 25.6 Å². The van der Waals surface area contributed by atoms with E-state index >= 15 is 0 Å². The molecule has 0 spiro atoms. The van der Waals surface area contributed by atoms with Gasteiger partial charge in [-0.1, -0.05) is 17.7 Å². The normalized spacial score (nSPS) is 11.5. The fourth-order valence-corrected chi connectivity index (χ4v) is 4.16. The van der Waals surface area contributed by atoms with Crippen molar-refractivity contribution in [1.82, 2.24) is 9.55 Å². The van der Waals surface area contributed by atoms with Gasteiger partial charge in [-0.05, 0) is 49.7 Å². The van der Waals surface area contributed by atoms with Gasteiger partial charge in [0, 0.05) is 18.1 Å². The van der Waals surface area contributed by atoms with Crippen LogP contribution in [0.1, 0.15) is 11.1 Å². The number of imidazole rings is 1. The van der Waals surface area contributed by atoms with Crippen LogP contribution in [0.3, 0.4) is 0 Å². The lowest BCUT2D eigenvalue weighted by molar-refractivity contribution is -0.113. The number of anilines is 1. The van der Waals surface area contributed by atoms with Gasteiger partial charge in [0.2, 0.25) is 20.9 Å². The van der Waals surface area contributed by atoms with Crippen molar-refractivity contribution in [3.8, 4) is 11.4 Å². The number of carbonyl (C=O) groups is 1. The van der Waals surface area contributed by atoms with Crippen molar-refractivity contribution in [1.29, 1.82) is 0 Å². The summed E-state index contributed by atoms with van der Waals surface area (Å²) in [5, 5.41) is 2.18. The summed E-state index contributed by atoms with van der Waals surface area (Å²) in [4.78, 5) is 16.2. The van der Waals surface area contributed by atoms with Crippen LogP contribution in [0.2, 0.25) is 0 Å². The minimum absolute atomic E-state index is 0.0777. The van der Waals surface area contributed by atoms with Gasteiger partial charge in [0.05, 0.1) is 5.69 Å². The summed E-state index contributed by atoms with van der Waals surface area (Å²) in [5.74, 6) is -1.69. The zero-order valence-electron chi connectivity index (χ0n) is 16.2. The molecule has 0 aliphatic heterocycles. The first-order valence-corrected chi connectivity index (χ1v) is 10.5. The quantitative estimate of drug-likeness (QED) is 0.614. The second-order valence-electron chi connectivity index (χ2n) is 6.58. The SMILES string of the molecule is Cc1ccc(-n2ccnc2S(=O)(=O)CC(=O)Nc2ccc(OC(F)F)cc2)c(C)c1. The number of aromatic nitrogens is 2. The Morgan fingerprint density at radius 3 is 2.50 bits per heavy atom. The maximum atomic E-state index is 12.8. The lowest BCUT2D eigenvalue weighted by atomic mass is 10.1. The minimum atomic E-state index is -4.05. The molecule has 0 aliphatic carbocycles. The number of benzene rings is 2. The Balaban J connectivity index is 1.76. The first-order valence-electron chi connectivity index (χ1n) is 8.84. The number of aryl methyl sites for hydroxylation is 2. The maximum Gasteiger partial charge on any atom is 0.387 e. The molecule has 1 aromatic heterocycles. The molecule has 1 N–H and O–H groups in total. The molecule has 1 amide bonds. The Kier molecular flexibility index (Phi) is 6.16. The highest BCUT2D eigenvalue weighted by molar-refractivity contribution is 7.92. The van der Waals surface area contributed by atoms with E-state index in [9.17, 15) is 22.0 Å². The molecule has 7 nitrogen and oxygen atoms in total. The van der Waals surface area contributed by atoms with Crippen LogP contribution in [0.25, 0.3) is 5.69 Å². The Bertz CT molecular complexity index is 1160. The number of nitrogens with zero attached hydrogens (tertiary/aromatic N) is 2. The smallest absolute Gasteiger partial charge is 0.387 e. The second kappa shape index (κ2) is 8.62. The Hall–Kier alpha value is -3.27. The molecule has 0 bridgehead atoms. The van der Waals surface area contributed by atoms with Gasteiger partial charge in [0.1, 0.15) is 11.5 Å². The number of halogens is 2. The Morgan fingerprint density at radius 1 is 1.17 bits per heavy atom. The highest BCUT2D eigenvalue weighted by Gasteiger charge is 2.25. The van der Waals surface area contributed by atoms with E-state index in [4.69, 9.17) is 0 Å². The topological polar surface area (TPSA) is 90.3 Å². The number of sulfone groups is 1. The Morgan fingerprint density at radius 2 is 1.87 bits per heavy atom. The van der Waals surface area contributed by atoms with E-state index in [1.807, 2.05) is 26.0 Å². The van der Waals surface area contributed by atoms with Gasteiger partial charge in [0.15, 0.2) is 0 Å². The molecule has 2 aromatic carbocycles. The molecule has 0 saturated carbocycles. The zero-order chi connectivity index (χ0) is 21.9. The largest absolute Gasteiger partial charge is 0.435 e. The van der Waals surface area contributed by atoms with Gasteiger partial charge < -0.3 is 10.1 Å². The molecule has 3 aromatic rings. The summed E-state index contributed by atoms with van der Waals surface area (Å²) in [6.07, 6.45) is 2.87.